The normalized spacial score (nSPS) is 11.9. The molecule has 1 amide bonds. The Labute approximate surface area is 114 Å². The van der Waals surface area contributed by atoms with E-state index < -0.39 is 6.10 Å². The van der Waals surface area contributed by atoms with Crippen LogP contribution < -0.4 is 10.1 Å². The van der Waals surface area contributed by atoms with Crippen LogP contribution in [0.3, 0.4) is 0 Å². The summed E-state index contributed by atoms with van der Waals surface area (Å²) in [5.74, 6) is 0.972. The molecule has 0 spiro atoms. The van der Waals surface area contributed by atoms with Crippen LogP contribution in [-0.2, 0) is 4.79 Å². The van der Waals surface area contributed by atoms with Crippen LogP contribution in [0.5, 0.6) is 11.5 Å². The third-order valence-corrected chi connectivity index (χ3v) is 3.00. The number of benzene rings is 1. The predicted octanol–water partition coefficient (Wildman–Crippen LogP) is 1.96. The average Bonchev–Trinajstić information content (AvgIpc) is 2.77. The number of aryl methyl sites for hydroxylation is 1. The maximum Gasteiger partial charge on any atom is 0.266 e. The van der Waals surface area contributed by atoms with Crippen LogP contribution >= 0.6 is 11.5 Å². The van der Waals surface area contributed by atoms with Crippen molar-refractivity contribution in [2.45, 2.75) is 20.0 Å². The summed E-state index contributed by atoms with van der Waals surface area (Å²) in [7, 11) is 0. The fraction of sp³-hybridized carbons (Fsp3) is 0.250. The maximum atomic E-state index is 11.8. The van der Waals surface area contributed by atoms with Crippen molar-refractivity contribution in [2.24, 2.45) is 0 Å². The van der Waals surface area contributed by atoms with Crippen molar-refractivity contribution in [1.82, 2.24) is 9.36 Å². The molecule has 1 heterocycles. The van der Waals surface area contributed by atoms with Crippen molar-refractivity contribution in [3.8, 4) is 11.5 Å². The van der Waals surface area contributed by atoms with E-state index in [0.717, 1.165) is 11.5 Å². The number of aromatic nitrogens is 2. The number of nitrogens with zero attached hydrogens (tertiary/aromatic N) is 2. The number of carbonyl (C=O) groups is 1. The highest BCUT2D eigenvalue weighted by molar-refractivity contribution is 7.09. The molecule has 2 aromatic rings. The highest BCUT2D eigenvalue weighted by Gasteiger charge is 2.16. The SMILES string of the molecule is Cc1nsc(NC(=O)C(C)Oc2ccc(O)cc2)n1. The van der Waals surface area contributed by atoms with Gasteiger partial charge in [-0.2, -0.15) is 4.37 Å². The summed E-state index contributed by atoms with van der Waals surface area (Å²) >= 11 is 1.12. The first kappa shape index (κ1) is 13.3. The van der Waals surface area contributed by atoms with Gasteiger partial charge in [0.25, 0.3) is 5.91 Å². The van der Waals surface area contributed by atoms with Crippen LogP contribution in [-0.4, -0.2) is 26.5 Å². The fourth-order valence-corrected chi connectivity index (χ4v) is 1.92. The van der Waals surface area contributed by atoms with E-state index in [1.165, 1.54) is 12.1 Å². The first-order valence-corrected chi connectivity index (χ1v) is 6.39. The number of amides is 1. The monoisotopic (exact) mass is 279 g/mol. The van der Waals surface area contributed by atoms with Crippen molar-refractivity contribution >= 4 is 22.6 Å². The van der Waals surface area contributed by atoms with Gasteiger partial charge in [-0.05, 0) is 38.1 Å². The second kappa shape index (κ2) is 5.66. The molecule has 0 aliphatic carbocycles. The van der Waals surface area contributed by atoms with E-state index in [4.69, 9.17) is 9.84 Å². The lowest BCUT2D eigenvalue weighted by Crippen LogP contribution is -2.30. The topological polar surface area (TPSA) is 84.3 Å². The smallest absolute Gasteiger partial charge is 0.266 e. The van der Waals surface area contributed by atoms with E-state index in [-0.39, 0.29) is 11.7 Å². The fourth-order valence-electron chi connectivity index (χ4n) is 1.34. The first-order valence-electron chi connectivity index (χ1n) is 5.61. The second-order valence-electron chi connectivity index (χ2n) is 3.89. The van der Waals surface area contributed by atoms with Gasteiger partial charge in [0.05, 0.1) is 0 Å². The van der Waals surface area contributed by atoms with Gasteiger partial charge < -0.3 is 9.84 Å². The lowest BCUT2D eigenvalue weighted by Gasteiger charge is -2.13. The summed E-state index contributed by atoms with van der Waals surface area (Å²) in [6.45, 7) is 3.39. The third kappa shape index (κ3) is 3.65. The Morgan fingerprint density at radius 1 is 1.42 bits per heavy atom. The Morgan fingerprint density at radius 3 is 2.68 bits per heavy atom. The molecule has 1 aromatic carbocycles. The van der Waals surface area contributed by atoms with Crippen LogP contribution in [0.2, 0.25) is 0 Å². The molecule has 0 fully saturated rings. The summed E-state index contributed by atoms with van der Waals surface area (Å²) in [5, 5.41) is 12.2. The molecule has 100 valence electrons. The van der Waals surface area contributed by atoms with E-state index in [0.29, 0.717) is 16.7 Å². The predicted molar refractivity (Wildman–Crippen MR) is 71.5 cm³/mol. The molecule has 1 aromatic heterocycles. The highest BCUT2D eigenvalue weighted by Crippen LogP contribution is 2.18. The van der Waals surface area contributed by atoms with Gasteiger partial charge in [0.1, 0.15) is 17.3 Å². The molecule has 0 saturated carbocycles. The van der Waals surface area contributed by atoms with Crippen molar-refractivity contribution in [3.63, 3.8) is 0 Å². The Hall–Kier alpha value is -2.15. The maximum absolute atomic E-state index is 11.8. The molecule has 0 bridgehead atoms. The summed E-state index contributed by atoms with van der Waals surface area (Å²) in [6.07, 6.45) is -0.672. The zero-order valence-corrected chi connectivity index (χ0v) is 11.3. The minimum absolute atomic E-state index is 0.147. The van der Waals surface area contributed by atoms with Gasteiger partial charge in [-0.1, -0.05) is 0 Å². The first-order chi connectivity index (χ1) is 9.04. The highest BCUT2D eigenvalue weighted by atomic mass is 32.1. The molecular formula is C12H13N3O3S. The van der Waals surface area contributed by atoms with Crippen molar-refractivity contribution in [1.29, 1.82) is 0 Å². The third-order valence-electron chi connectivity index (χ3n) is 2.28. The summed E-state index contributed by atoms with van der Waals surface area (Å²) in [4.78, 5) is 15.9. The molecule has 0 aliphatic heterocycles. The van der Waals surface area contributed by atoms with Crippen LogP contribution in [0.4, 0.5) is 5.13 Å². The number of rotatable bonds is 4. The van der Waals surface area contributed by atoms with E-state index >= 15 is 0 Å². The van der Waals surface area contributed by atoms with Crippen molar-refractivity contribution < 1.29 is 14.6 Å². The molecular weight excluding hydrogens is 266 g/mol. The second-order valence-corrected chi connectivity index (χ2v) is 4.64. The Morgan fingerprint density at radius 2 is 2.11 bits per heavy atom. The van der Waals surface area contributed by atoms with Gasteiger partial charge in [0.2, 0.25) is 5.13 Å². The van der Waals surface area contributed by atoms with Gasteiger partial charge in [-0.15, -0.1) is 0 Å². The minimum atomic E-state index is -0.672. The molecule has 2 rings (SSSR count). The summed E-state index contributed by atoms with van der Waals surface area (Å²) in [5.41, 5.74) is 0. The van der Waals surface area contributed by atoms with Gasteiger partial charge >= 0.3 is 0 Å². The molecule has 6 nitrogen and oxygen atoms in total. The van der Waals surface area contributed by atoms with Gasteiger partial charge in [-0.25, -0.2) is 4.98 Å². The Kier molecular flexibility index (Phi) is 3.96. The molecule has 7 heteroatoms. The van der Waals surface area contributed by atoms with Crippen LogP contribution in [0, 0.1) is 6.92 Å². The number of hydrogen-bond acceptors (Lipinski definition) is 6. The van der Waals surface area contributed by atoms with Crippen molar-refractivity contribution in [3.05, 3.63) is 30.1 Å². The van der Waals surface area contributed by atoms with E-state index in [9.17, 15) is 4.79 Å². The molecule has 0 radical (unpaired) electrons. The van der Waals surface area contributed by atoms with Crippen LogP contribution in [0.1, 0.15) is 12.7 Å². The molecule has 19 heavy (non-hydrogen) atoms. The van der Waals surface area contributed by atoms with Gasteiger partial charge in [0, 0.05) is 11.5 Å². The number of nitrogens with one attached hydrogen (secondary N) is 1. The Balaban J connectivity index is 1.94. The number of phenols is 1. The van der Waals surface area contributed by atoms with E-state index in [2.05, 4.69) is 14.7 Å². The Bertz CT molecular complexity index is 568. The molecule has 1 unspecified atom stereocenters. The lowest BCUT2D eigenvalue weighted by molar-refractivity contribution is -0.122. The number of anilines is 1. The lowest BCUT2D eigenvalue weighted by atomic mass is 10.3. The minimum Gasteiger partial charge on any atom is -0.508 e. The molecule has 0 saturated heterocycles. The standard InChI is InChI=1S/C12H13N3O3S/c1-7(18-10-5-3-9(16)4-6-10)11(17)14-12-13-8(2)15-19-12/h3-7,16H,1-2H3,(H,13,14,15,17). The van der Waals surface area contributed by atoms with Crippen LogP contribution in [0.25, 0.3) is 0 Å². The quantitative estimate of drug-likeness (QED) is 0.893. The number of carbonyl (C=O) groups excluding carboxylic acids is 1. The number of ether oxygens (including phenoxy) is 1. The zero-order valence-electron chi connectivity index (χ0n) is 10.5. The van der Waals surface area contributed by atoms with E-state index in [1.807, 2.05) is 0 Å². The number of aromatic hydroxyl groups is 1. The van der Waals surface area contributed by atoms with E-state index in [1.54, 1.807) is 26.0 Å². The largest absolute Gasteiger partial charge is 0.508 e. The van der Waals surface area contributed by atoms with Crippen molar-refractivity contribution in [2.75, 3.05) is 5.32 Å². The number of hydrogen-bond donors (Lipinski definition) is 2. The van der Waals surface area contributed by atoms with Crippen LogP contribution in [0.15, 0.2) is 24.3 Å². The summed E-state index contributed by atoms with van der Waals surface area (Å²) in [6, 6.07) is 6.17. The van der Waals surface area contributed by atoms with Gasteiger partial charge in [0.15, 0.2) is 6.10 Å². The zero-order chi connectivity index (χ0) is 13.8. The van der Waals surface area contributed by atoms with Gasteiger partial charge in [-0.3, -0.25) is 10.1 Å². The average molecular weight is 279 g/mol. The summed E-state index contributed by atoms with van der Waals surface area (Å²) < 4.78 is 9.41. The number of phenolic OH excluding ortho intramolecular Hbond substituents is 1. The molecule has 0 aliphatic rings. The molecule has 1 atom stereocenters. The molecule has 2 N–H and O–H groups in total.